The van der Waals surface area contributed by atoms with Crippen LogP contribution < -0.4 is 5.73 Å². The number of nitrogens with zero attached hydrogens (tertiary/aromatic N) is 2. The SMILES string of the molecule is Cc1c(Cl)c(CN2CCC(CN)CC2)nc2ccccc12.Cl.Cl. The Balaban J connectivity index is 0.00000132. The van der Waals surface area contributed by atoms with Gasteiger partial charge in [-0.15, -0.1) is 24.8 Å². The highest BCUT2D eigenvalue weighted by Crippen LogP contribution is 2.28. The number of halogens is 3. The maximum atomic E-state index is 6.54. The molecule has 128 valence electrons. The molecule has 1 aromatic carbocycles. The van der Waals surface area contributed by atoms with Gasteiger partial charge in [0.05, 0.1) is 16.2 Å². The van der Waals surface area contributed by atoms with E-state index in [9.17, 15) is 0 Å². The number of aromatic nitrogens is 1. The van der Waals surface area contributed by atoms with Crippen LogP contribution in [0.3, 0.4) is 0 Å². The Labute approximate surface area is 155 Å². The van der Waals surface area contributed by atoms with Crippen LogP contribution in [0, 0.1) is 12.8 Å². The van der Waals surface area contributed by atoms with Crippen molar-refractivity contribution in [2.75, 3.05) is 19.6 Å². The van der Waals surface area contributed by atoms with E-state index < -0.39 is 0 Å². The standard InChI is InChI=1S/C17H22ClN3.2ClH/c1-12-14-4-2-3-5-15(14)20-16(17(12)18)11-21-8-6-13(10-19)7-9-21;;/h2-5,13H,6-11,19H2,1H3;2*1H. The van der Waals surface area contributed by atoms with Crippen molar-refractivity contribution in [1.82, 2.24) is 9.88 Å². The Morgan fingerprint density at radius 3 is 2.52 bits per heavy atom. The fraction of sp³-hybridized carbons (Fsp3) is 0.471. The molecule has 0 bridgehead atoms. The quantitative estimate of drug-likeness (QED) is 0.872. The van der Waals surface area contributed by atoms with E-state index >= 15 is 0 Å². The molecular weight excluding hydrogens is 353 g/mol. The third-order valence-corrected chi connectivity index (χ3v) is 5.06. The number of hydrogen-bond donors (Lipinski definition) is 1. The zero-order valence-electron chi connectivity index (χ0n) is 13.3. The summed E-state index contributed by atoms with van der Waals surface area (Å²) in [4.78, 5) is 7.21. The van der Waals surface area contributed by atoms with Gasteiger partial charge in [-0.1, -0.05) is 29.8 Å². The van der Waals surface area contributed by atoms with Gasteiger partial charge < -0.3 is 5.73 Å². The number of fused-ring (bicyclic) bond motifs is 1. The molecule has 0 radical (unpaired) electrons. The second-order valence-electron chi connectivity index (χ2n) is 5.97. The lowest BCUT2D eigenvalue weighted by molar-refractivity contribution is 0.179. The second-order valence-corrected chi connectivity index (χ2v) is 6.35. The molecule has 1 saturated heterocycles. The summed E-state index contributed by atoms with van der Waals surface area (Å²) in [6.45, 7) is 5.90. The molecule has 1 aliphatic heterocycles. The summed E-state index contributed by atoms with van der Waals surface area (Å²) in [5, 5.41) is 1.96. The fourth-order valence-corrected chi connectivity index (χ4v) is 3.32. The van der Waals surface area contributed by atoms with Crippen LogP contribution in [0.4, 0.5) is 0 Å². The molecule has 23 heavy (non-hydrogen) atoms. The summed E-state index contributed by atoms with van der Waals surface area (Å²) in [7, 11) is 0. The average molecular weight is 377 g/mol. The zero-order valence-corrected chi connectivity index (χ0v) is 15.7. The Morgan fingerprint density at radius 1 is 1.22 bits per heavy atom. The normalized spacial score (nSPS) is 16.0. The van der Waals surface area contributed by atoms with E-state index in [4.69, 9.17) is 22.3 Å². The number of piperidine rings is 1. The van der Waals surface area contributed by atoms with E-state index in [1.807, 2.05) is 12.1 Å². The van der Waals surface area contributed by atoms with E-state index in [1.54, 1.807) is 0 Å². The van der Waals surface area contributed by atoms with Crippen molar-refractivity contribution in [3.63, 3.8) is 0 Å². The highest BCUT2D eigenvalue weighted by molar-refractivity contribution is 6.32. The molecule has 0 aliphatic carbocycles. The van der Waals surface area contributed by atoms with Crippen molar-refractivity contribution in [3.8, 4) is 0 Å². The van der Waals surface area contributed by atoms with E-state index in [-0.39, 0.29) is 24.8 Å². The van der Waals surface area contributed by atoms with Gasteiger partial charge in [-0.3, -0.25) is 4.90 Å². The summed E-state index contributed by atoms with van der Waals surface area (Å²) in [6, 6.07) is 8.20. The van der Waals surface area contributed by atoms with E-state index in [0.29, 0.717) is 5.92 Å². The molecule has 1 aliphatic rings. The summed E-state index contributed by atoms with van der Waals surface area (Å²) in [6.07, 6.45) is 2.36. The topological polar surface area (TPSA) is 42.1 Å². The predicted molar refractivity (Wildman–Crippen MR) is 103 cm³/mol. The second kappa shape index (κ2) is 9.05. The molecule has 2 heterocycles. The first-order valence-corrected chi connectivity index (χ1v) is 8.03. The van der Waals surface area contributed by atoms with Gasteiger partial charge in [0.25, 0.3) is 0 Å². The molecular formula is C17H24Cl3N3. The molecule has 0 saturated carbocycles. The zero-order chi connectivity index (χ0) is 14.8. The molecule has 0 unspecified atom stereocenters. The third kappa shape index (κ3) is 4.49. The van der Waals surface area contributed by atoms with E-state index in [1.165, 1.54) is 12.8 Å². The smallest absolute Gasteiger partial charge is 0.0740 e. The first kappa shape index (κ1) is 20.5. The van der Waals surface area contributed by atoms with Crippen molar-refractivity contribution >= 4 is 47.3 Å². The molecule has 0 atom stereocenters. The van der Waals surface area contributed by atoms with Gasteiger partial charge in [0.1, 0.15) is 0 Å². The first-order chi connectivity index (χ1) is 10.2. The molecule has 3 nitrogen and oxygen atoms in total. The number of aryl methyl sites for hydroxylation is 1. The van der Waals surface area contributed by atoms with Gasteiger partial charge in [0, 0.05) is 11.9 Å². The lowest BCUT2D eigenvalue weighted by Gasteiger charge is -2.31. The van der Waals surface area contributed by atoms with Gasteiger partial charge in [-0.05, 0) is 56.9 Å². The van der Waals surface area contributed by atoms with Crippen LogP contribution in [-0.2, 0) is 6.54 Å². The Morgan fingerprint density at radius 2 is 1.87 bits per heavy atom. The number of para-hydroxylation sites is 1. The van der Waals surface area contributed by atoms with Crippen molar-refractivity contribution in [2.45, 2.75) is 26.3 Å². The Hall–Kier alpha value is -0.580. The summed E-state index contributed by atoms with van der Waals surface area (Å²) < 4.78 is 0. The number of benzene rings is 1. The molecule has 3 rings (SSSR count). The van der Waals surface area contributed by atoms with Gasteiger partial charge in [-0.25, -0.2) is 4.98 Å². The van der Waals surface area contributed by atoms with E-state index in [2.05, 4.69) is 24.0 Å². The van der Waals surface area contributed by atoms with Crippen molar-refractivity contribution in [3.05, 3.63) is 40.5 Å². The highest BCUT2D eigenvalue weighted by Gasteiger charge is 2.20. The van der Waals surface area contributed by atoms with Crippen LogP contribution in [0.25, 0.3) is 10.9 Å². The molecule has 0 amide bonds. The number of nitrogens with two attached hydrogens (primary N) is 1. The van der Waals surface area contributed by atoms with Crippen molar-refractivity contribution in [2.24, 2.45) is 11.7 Å². The highest BCUT2D eigenvalue weighted by atomic mass is 35.5. The van der Waals surface area contributed by atoms with Crippen molar-refractivity contribution in [1.29, 1.82) is 0 Å². The van der Waals surface area contributed by atoms with Gasteiger partial charge in [0.15, 0.2) is 0 Å². The van der Waals surface area contributed by atoms with E-state index in [0.717, 1.165) is 53.4 Å². The lowest BCUT2D eigenvalue weighted by atomic mass is 9.97. The minimum Gasteiger partial charge on any atom is -0.330 e. The summed E-state index contributed by atoms with van der Waals surface area (Å²) in [5.41, 5.74) is 8.92. The van der Waals surface area contributed by atoms with Crippen LogP contribution in [-0.4, -0.2) is 29.5 Å². The van der Waals surface area contributed by atoms with Crippen molar-refractivity contribution < 1.29 is 0 Å². The Kier molecular flexibility index (Phi) is 8.05. The van der Waals surface area contributed by atoms with Crippen LogP contribution in [0.2, 0.25) is 5.02 Å². The predicted octanol–water partition coefficient (Wildman–Crippen LogP) is 4.21. The minimum atomic E-state index is 0. The van der Waals surface area contributed by atoms with Crippen LogP contribution in [0.5, 0.6) is 0 Å². The average Bonchev–Trinajstić information content (AvgIpc) is 2.53. The van der Waals surface area contributed by atoms with Crippen LogP contribution in [0.15, 0.2) is 24.3 Å². The first-order valence-electron chi connectivity index (χ1n) is 7.65. The molecule has 1 fully saturated rings. The largest absolute Gasteiger partial charge is 0.330 e. The third-order valence-electron chi connectivity index (χ3n) is 4.56. The summed E-state index contributed by atoms with van der Waals surface area (Å²) in [5.74, 6) is 0.683. The van der Waals surface area contributed by atoms with Crippen LogP contribution >= 0.6 is 36.4 Å². The maximum Gasteiger partial charge on any atom is 0.0740 e. The van der Waals surface area contributed by atoms with Gasteiger partial charge >= 0.3 is 0 Å². The number of pyridine rings is 1. The molecule has 2 N–H and O–H groups in total. The number of likely N-dealkylation sites (tertiary alicyclic amines) is 1. The number of hydrogen-bond acceptors (Lipinski definition) is 3. The summed E-state index contributed by atoms with van der Waals surface area (Å²) >= 11 is 6.54. The molecule has 2 aromatic rings. The fourth-order valence-electron chi connectivity index (χ4n) is 3.11. The monoisotopic (exact) mass is 375 g/mol. The Bertz CT molecular complexity index is 640. The molecule has 1 aromatic heterocycles. The minimum absolute atomic E-state index is 0. The maximum absolute atomic E-state index is 6.54. The van der Waals surface area contributed by atoms with Gasteiger partial charge in [-0.2, -0.15) is 0 Å². The lowest BCUT2D eigenvalue weighted by Crippen LogP contribution is -2.35. The van der Waals surface area contributed by atoms with Gasteiger partial charge in [0.2, 0.25) is 0 Å². The molecule has 6 heteroatoms. The molecule has 0 spiro atoms. The number of rotatable bonds is 3. The van der Waals surface area contributed by atoms with Crippen LogP contribution in [0.1, 0.15) is 24.1 Å².